The zero-order chi connectivity index (χ0) is 22.9. The van der Waals surface area contributed by atoms with Gasteiger partial charge in [-0.1, -0.05) is 17.7 Å². The highest BCUT2D eigenvalue weighted by atomic mass is 32.2. The van der Waals surface area contributed by atoms with E-state index in [0.29, 0.717) is 37.2 Å². The fraction of sp³-hybridized carbons (Fsp3) is 0.304. The first-order chi connectivity index (χ1) is 15.3. The first-order valence-electron chi connectivity index (χ1n) is 10.3. The van der Waals surface area contributed by atoms with Crippen LogP contribution in [0.2, 0.25) is 0 Å². The number of ether oxygens (including phenoxy) is 1. The number of methoxy groups -OCH3 is 1. The van der Waals surface area contributed by atoms with Crippen LogP contribution in [0.25, 0.3) is 11.5 Å². The molecular weight excluding hydrogens is 430 g/mol. The number of hydrogen-bond acceptors (Lipinski definition) is 7. The number of carbonyl (C=O) groups excluding carboxylic acids is 1. The van der Waals surface area contributed by atoms with Crippen LogP contribution in [0.4, 0.5) is 5.88 Å². The summed E-state index contributed by atoms with van der Waals surface area (Å²) < 4.78 is 38.2. The average molecular weight is 456 g/mol. The van der Waals surface area contributed by atoms with Gasteiger partial charge in [0, 0.05) is 24.6 Å². The number of amides is 1. The van der Waals surface area contributed by atoms with E-state index in [0.717, 1.165) is 5.56 Å². The van der Waals surface area contributed by atoms with Crippen molar-refractivity contribution < 1.29 is 22.4 Å². The number of sulfone groups is 1. The van der Waals surface area contributed by atoms with Gasteiger partial charge in [0.2, 0.25) is 32.5 Å². The van der Waals surface area contributed by atoms with E-state index in [1.165, 1.54) is 0 Å². The molecule has 8 nitrogen and oxygen atoms in total. The van der Waals surface area contributed by atoms with E-state index in [9.17, 15) is 13.2 Å². The summed E-state index contributed by atoms with van der Waals surface area (Å²) in [4.78, 5) is 17.9. The number of benzene rings is 2. The highest BCUT2D eigenvalue weighted by Crippen LogP contribution is 2.36. The molecule has 0 bridgehead atoms. The fourth-order valence-corrected chi connectivity index (χ4v) is 5.05. The van der Waals surface area contributed by atoms with Crippen LogP contribution in [0.15, 0.2) is 62.9 Å². The van der Waals surface area contributed by atoms with Crippen LogP contribution in [-0.4, -0.2) is 39.5 Å². The monoisotopic (exact) mass is 455 g/mol. The van der Waals surface area contributed by atoms with Gasteiger partial charge < -0.3 is 19.8 Å². The number of oxazole rings is 1. The molecule has 0 unspecified atom stereocenters. The number of nitrogens with two attached hydrogens (primary N) is 1. The predicted octanol–water partition coefficient (Wildman–Crippen LogP) is 3.19. The second-order valence-electron chi connectivity index (χ2n) is 7.84. The second-order valence-corrected chi connectivity index (χ2v) is 9.70. The molecule has 0 atom stereocenters. The van der Waals surface area contributed by atoms with Gasteiger partial charge in [-0.05, 0) is 56.2 Å². The molecule has 0 aliphatic carbocycles. The van der Waals surface area contributed by atoms with Crippen molar-refractivity contribution in [3.8, 4) is 17.2 Å². The molecule has 1 aliphatic heterocycles. The van der Waals surface area contributed by atoms with Crippen molar-refractivity contribution in [2.75, 3.05) is 25.1 Å². The number of nitrogens with zero attached hydrogens (tertiary/aromatic N) is 2. The van der Waals surface area contributed by atoms with Crippen molar-refractivity contribution >= 4 is 21.6 Å². The SMILES string of the molecule is COc1ccc(-c2nc(S(=O)(=O)c3ccc(C)cc3)c(N3CCC(C(N)=O)CC3)o2)cc1. The summed E-state index contributed by atoms with van der Waals surface area (Å²) in [6.07, 6.45) is 1.05. The van der Waals surface area contributed by atoms with Gasteiger partial charge in [0.25, 0.3) is 0 Å². The maximum Gasteiger partial charge on any atom is 0.236 e. The Morgan fingerprint density at radius 1 is 1.09 bits per heavy atom. The van der Waals surface area contributed by atoms with Crippen LogP contribution in [0.1, 0.15) is 18.4 Å². The molecule has 0 spiro atoms. The minimum absolute atomic E-state index is 0.135. The Morgan fingerprint density at radius 3 is 2.28 bits per heavy atom. The van der Waals surface area contributed by atoms with Crippen molar-refractivity contribution in [1.82, 2.24) is 4.98 Å². The highest BCUT2D eigenvalue weighted by Gasteiger charge is 2.34. The molecule has 0 radical (unpaired) electrons. The maximum atomic E-state index is 13.5. The van der Waals surface area contributed by atoms with E-state index >= 15 is 0 Å². The zero-order valence-corrected chi connectivity index (χ0v) is 18.8. The minimum Gasteiger partial charge on any atom is -0.497 e. The molecule has 0 saturated carbocycles. The largest absolute Gasteiger partial charge is 0.497 e. The third-order valence-electron chi connectivity index (χ3n) is 5.69. The van der Waals surface area contributed by atoms with Gasteiger partial charge in [-0.2, -0.15) is 4.98 Å². The Kier molecular flexibility index (Phi) is 5.92. The first kappa shape index (κ1) is 21.9. The molecule has 1 fully saturated rings. The summed E-state index contributed by atoms with van der Waals surface area (Å²) in [5.74, 6) is 0.479. The number of aromatic nitrogens is 1. The van der Waals surface area contributed by atoms with Gasteiger partial charge in [-0.15, -0.1) is 0 Å². The molecule has 168 valence electrons. The third-order valence-corrected chi connectivity index (χ3v) is 7.35. The molecule has 1 amide bonds. The molecule has 1 aromatic heterocycles. The Labute approximate surface area is 186 Å². The Bertz CT molecular complexity index is 1210. The minimum atomic E-state index is -3.93. The van der Waals surface area contributed by atoms with Crippen LogP contribution in [0.3, 0.4) is 0 Å². The Hall–Kier alpha value is -3.33. The Morgan fingerprint density at radius 2 is 1.72 bits per heavy atom. The molecule has 2 aromatic carbocycles. The predicted molar refractivity (Wildman–Crippen MR) is 119 cm³/mol. The van der Waals surface area contributed by atoms with Crippen LogP contribution in [0.5, 0.6) is 5.75 Å². The topological polar surface area (TPSA) is 116 Å². The van der Waals surface area contributed by atoms with Crippen molar-refractivity contribution in [1.29, 1.82) is 0 Å². The van der Waals surface area contributed by atoms with Crippen molar-refractivity contribution in [2.45, 2.75) is 29.7 Å². The molecule has 1 saturated heterocycles. The van der Waals surface area contributed by atoms with Gasteiger partial charge in [0.05, 0.1) is 12.0 Å². The van der Waals surface area contributed by atoms with Crippen LogP contribution in [0, 0.1) is 12.8 Å². The molecule has 4 rings (SSSR count). The highest BCUT2D eigenvalue weighted by molar-refractivity contribution is 7.91. The quantitative estimate of drug-likeness (QED) is 0.607. The summed E-state index contributed by atoms with van der Waals surface area (Å²) in [7, 11) is -2.36. The van der Waals surface area contributed by atoms with Crippen LogP contribution >= 0.6 is 0 Å². The van der Waals surface area contributed by atoms with Crippen LogP contribution < -0.4 is 15.4 Å². The summed E-state index contributed by atoms with van der Waals surface area (Å²) in [6, 6.07) is 13.7. The van der Waals surface area contributed by atoms with E-state index in [4.69, 9.17) is 14.9 Å². The first-order valence-corrected chi connectivity index (χ1v) is 11.8. The lowest BCUT2D eigenvalue weighted by Crippen LogP contribution is -2.38. The molecular formula is C23H25N3O5S. The number of primary amides is 1. The lowest BCUT2D eigenvalue weighted by molar-refractivity contribution is -0.122. The summed E-state index contributed by atoms with van der Waals surface area (Å²) in [5, 5.41) is -0.135. The van der Waals surface area contributed by atoms with E-state index in [1.807, 2.05) is 11.8 Å². The number of rotatable bonds is 6. The van der Waals surface area contributed by atoms with Gasteiger partial charge in [-0.3, -0.25) is 4.79 Å². The molecule has 3 aromatic rings. The maximum absolute atomic E-state index is 13.5. The second kappa shape index (κ2) is 8.66. The molecule has 32 heavy (non-hydrogen) atoms. The van der Waals surface area contributed by atoms with Crippen LogP contribution in [-0.2, 0) is 14.6 Å². The van der Waals surface area contributed by atoms with Crippen molar-refractivity contribution in [3.63, 3.8) is 0 Å². The lowest BCUT2D eigenvalue weighted by atomic mass is 9.96. The normalized spacial score (nSPS) is 15.0. The summed E-state index contributed by atoms with van der Waals surface area (Å²) >= 11 is 0. The fourth-order valence-electron chi connectivity index (χ4n) is 3.73. The molecule has 2 heterocycles. The van der Waals surface area contributed by atoms with Gasteiger partial charge >= 0.3 is 0 Å². The number of anilines is 1. The molecule has 9 heteroatoms. The summed E-state index contributed by atoms with van der Waals surface area (Å²) in [5.41, 5.74) is 7.03. The standard InChI is InChI=1S/C23H25N3O5S/c1-15-3-9-19(10-4-15)32(28,29)22-23(26-13-11-16(12-14-26)20(24)27)31-21(25-22)17-5-7-18(30-2)8-6-17/h3-10,16H,11-14H2,1-2H3,(H2,24,27). The lowest BCUT2D eigenvalue weighted by Gasteiger charge is -2.30. The van der Waals surface area contributed by atoms with Crippen molar-refractivity contribution in [3.05, 3.63) is 54.1 Å². The summed E-state index contributed by atoms with van der Waals surface area (Å²) in [6.45, 7) is 2.78. The van der Waals surface area contributed by atoms with E-state index in [2.05, 4.69) is 4.98 Å². The molecule has 2 N–H and O–H groups in total. The number of piperidine rings is 1. The number of aryl methyl sites for hydroxylation is 1. The average Bonchev–Trinajstić information content (AvgIpc) is 3.26. The van der Waals surface area contributed by atoms with Gasteiger partial charge in [-0.25, -0.2) is 8.42 Å². The van der Waals surface area contributed by atoms with Gasteiger partial charge in [0.15, 0.2) is 0 Å². The van der Waals surface area contributed by atoms with Gasteiger partial charge in [0.1, 0.15) is 5.75 Å². The number of carbonyl (C=O) groups is 1. The molecule has 1 aliphatic rings. The van der Waals surface area contributed by atoms with E-state index < -0.39 is 9.84 Å². The van der Waals surface area contributed by atoms with Crippen molar-refractivity contribution in [2.24, 2.45) is 11.7 Å². The third kappa shape index (κ3) is 4.20. The Balaban J connectivity index is 1.77. The van der Waals surface area contributed by atoms with E-state index in [-0.39, 0.29) is 33.5 Å². The smallest absolute Gasteiger partial charge is 0.236 e. The van der Waals surface area contributed by atoms with E-state index in [1.54, 1.807) is 55.6 Å². The number of hydrogen-bond donors (Lipinski definition) is 1. The zero-order valence-electron chi connectivity index (χ0n) is 17.9.